The second-order valence-electron chi connectivity index (χ2n) is 5.70. The Morgan fingerprint density at radius 3 is 2.72 bits per heavy atom. The van der Waals surface area contributed by atoms with E-state index in [0.29, 0.717) is 23.0 Å². The molecule has 1 heterocycles. The zero-order valence-corrected chi connectivity index (χ0v) is 16.6. The molecule has 2 aromatic carbocycles. The summed E-state index contributed by atoms with van der Waals surface area (Å²) in [6, 6.07) is 14.5. The number of methoxy groups -OCH3 is 2. The Hall–Kier alpha value is -3.73. The largest absolute Gasteiger partial charge is 0.497 e. The lowest BCUT2D eigenvalue weighted by Crippen LogP contribution is -2.45. The molecular formula is C18H19N7O3S. The number of ether oxygens (including phenoxy) is 2. The van der Waals surface area contributed by atoms with Crippen LogP contribution >= 0.6 is 12.2 Å². The number of hydrazine groups is 1. The number of carbonyl (C=O) groups excluding carboxylic acids is 1. The number of amides is 1. The zero-order valence-electron chi connectivity index (χ0n) is 15.7. The van der Waals surface area contributed by atoms with Crippen LogP contribution in [0.4, 0.5) is 5.69 Å². The summed E-state index contributed by atoms with van der Waals surface area (Å²) in [5.41, 5.74) is 6.49. The summed E-state index contributed by atoms with van der Waals surface area (Å²) < 4.78 is 10.4. The van der Waals surface area contributed by atoms with Crippen molar-refractivity contribution in [3.8, 4) is 22.9 Å². The molecule has 0 atom stereocenters. The highest BCUT2D eigenvalue weighted by Crippen LogP contribution is 2.22. The smallest absolute Gasteiger partial charge is 0.262 e. The molecule has 3 rings (SSSR count). The summed E-state index contributed by atoms with van der Waals surface area (Å²) in [4.78, 5) is 13.3. The van der Waals surface area contributed by atoms with Crippen molar-refractivity contribution < 1.29 is 14.3 Å². The highest BCUT2D eigenvalue weighted by Gasteiger charge is 2.11. The summed E-state index contributed by atoms with van der Waals surface area (Å²) in [7, 11) is 3.14. The topological polar surface area (TPSA) is 115 Å². The maximum absolute atomic E-state index is 12.1. The normalized spacial score (nSPS) is 10.1. The Balaban J connectivity index is 1.52. The first-order chi connectivity index (χ1) is 14.1. The number of anilines is 1. The van der Waals surface area contributed by atoms with Crippen molar-refractivity contribution in [2.24, 2.45) is 0 Å². The average molecular weight is 413 g/mol. The molecule has 1 amide bonds. The van der Waals surface area contributed by atoms with Crippen molar-refractivity contribution in [2.45, 2.75) is 6.54 Å². The lowest BCUT2D eigenvalue weighted by molar-refractivity contribution is -0.122. The van der Waals surface area contributed by atoms with E-state index in [-0.39, 0.29) is 11.7 Å². The average Bonchev–Trinajstić information content (AvgIpc) is 3.21. The number of aromatic nitrogens is 4. The van der Waals surface area contributed by atoms with E-state index in [1.165, 1.54) is 4.80 Å². The highest BCUT2D eigenvalue weighted by molar-refractivity contribution is 7.80. The first kappa shape index (κ1) is 20.0. The number of nitrogens with one attached hydrogen (secondary N) is 3. The lowest BCUT2D eigenvalue weighted by atomic mass is 10.2. The van der Waals surface area contributed by atoms with Gasteiger partial charge in [-0.1, -0.05) is 24.3 Å². The van der Waals surface area contributed by atoms with Gasteiger partial charge in [-0.2, -0.15) is 4.80 Å². The molecule has 0 aliphatic rings. The lowest BCUT2D eigenvalue weighted by Gasteiger charge is -2.13. The Bertz CT molecular complexity index is 1010. The summed E-state index contributed by atoms with van der Waals surface area (Å²) in [6.07, 6.45) is 0. The third kappa shape index (κ3) is 5.39. The standard InChI is InChI=1S/C18H19N7O3S/c1-27-13-7-5-6-12(10-13)17-21-24-25(23-17)11-16(26)20-22-18(29)19-14-8-3-4-9-15(14)28-2/h3-10H,11H2,1-2H3,(H,20,26)(H2,19,22,29). The molecule has 0 spiro atoms. The van der Waals surface area contributed by atoms with Crippen LogP contribution in [0.15, 0.2) is 48.5 Å². The predicted molar refractivity (Wildman–Crippen MR) is 110 cm³/mol. The zero-order chi connectivity index (χ0) is 20.6. The minimum Gasteiger partial charge on any atom is -0.497 e. The number of hydrogen-bond donors (Lipinski definition) is 3. The third-order valence-electron chi connectivity index (χ3n) is 3.74. The number of tetrazole rings is 1. The molecule has 3 N–H and O–H groups in total. The number of benzene rings is 2. The van der Waals surface area contributed by atoms with Crippen LogP contribution in [0.1, 0.15) is 0 Å². The summed E-state index contributed by atoms with van der Waals surface area (Å²) >= 11 is 5.16. The molecule has 1 aromatic heterocycles. The van der Waals surface area contributed by atoms with Gasteiger partial charge in [-0.25, -0.2) is 0 Å². The Kier molecular flexibility index (Phi) is 6.53. The van der Waals surface area contributed by atoms with Gasteiger partial charge in [-0.15, -0.1) is 10.2 Å². The molecule has 0 aliphatic heterocycles. The molecule has 150 valence electrons. The molecule has 3 aromatic rings. The molecule has 0 saturated carbocycles. The van der Waals surface area contributed by atoms with Gasteiger partial charge in [-0.05, 0) is 41.7 Å². The van der Waals surface area contributed by atoms with Crippen molar-refractivity contribution >= 4 is 28.9 Å². The quantitative estimate of drug-likeness (QED) is 0.407. The molecule has 0 unspecified atom stereocenters. The Morgan fingerprint density at radius 2 is 1.93 bits per heavy atom. The van der Waals surface area contributed by atoms with Gasteiger partial charge in [-0.3, -0.25) is 15.6 Å². The van der Waals surface area contributed by atoms with Crippen LogP contribution in [0.25, 0.3) is 11.4 Å². The molecule has 0 radical (unpaired) electrons. The van der Waals surface area contributed by atoms with Gasteiger partial charge in [0.15, 0.2) is 5.11 Å². The van der Waals surface area contributed by atoms with Crippen molar-refractivity contribution in [1.29, 1.82) is 0 Å². The van der Waals surface area contributed by atoms with E-state index >= 15 is 0 Å². The fourth-order valence-electron chi connectivity index (χ4n) is 2.38. The second kappa shape index (κ2) is 9.46. The van der Waals surface area contributed by atoms with E-state index in [2.05, 4.69) is 31.6 Å². The van der Waals surface area contributed by atoms with Gasteiger partial charge in [0.25, 0.3) is 5.91 Å². The molecule has 10 nitrogen and oxygen atoms in total. The van der Waals surface area contributed by atoms with Gasteiger partial charge in [0.05, 0.1) is 19.9 Å². The van der Waals surface area contributed by atoms with E-state index in [9.17, 15) is 4.79 Å². The maximum atomic E-state index is 12.1. The van der Waals surface area contributed by atoms with E-state index in [1.807, 2.05) is 30.3 Å². The Labute approximate surface area is 172 Å². The van der Waals surface area contributed by atoms with Crippen molar-refractivity contribution in [3.05, 3.63) is 48.5 Å². The van der Waals surface area contributed by atoms with E-state index in [4.69, 9.17) is 21.7 Å². The van der Waals surface area contributed by atoms with Crippen LogP contribution in [0.5, 0.6) is 11.5 Å². The summed E-state index contributed by atoms with van der Waals surface area (Å²) in [6.45, 7) is -0.138. The van der Waals surface area contributed by atoms with Gasteiger partial charge in [0.1, 0.15) is 18.0 Å². The van der Waals surface area contributed by atoms with E-state index in [0.717, 1.165) is 5.56 Å². The van der Waals surface area contributed by atoms with Crippen LogP contribution < -0.4 is 25.6 Å². The Morgan fingerprint density at radius 1 is 1.10 bits per heavy atom. The van der Waals surface area contributed by atoms with Crippen LogP contribution in [-0.4, -0.2) is 45.4 Å². The molecule has 0 bridgehead atoms. The van der Waals surface area contributed by atoms with Gasteiger partial charge in [0, 0.05) is 5.56 Å². The van der Waals surface area contributed by atoms with Crippen molar-refractivity contribution in [2.75, 3.05) is 19.5 Å². The molecule has 0 fully saturated rings. The molecule has 11 heteroatoms. The molecule has 0 aliphatic carbocycles. The number of thiocarbonyl (C=S) groups is 1. The first-order valence-electron chi connectivity index (χ1n) is 8.50. The molecule has 0 saturated heterocycles. The first-order valence-corrected chi connectivity index (χ1v) is 8.91. The van der Waals surface area contributed by atoms with E-state index < -0.39 is 5.91 Å². The SMILES string of the molecule is COc1cccc(-c2nnn(CC(=O)NNC(=S)Nc3ccccc3OC)n2)c1. The van der Waals surface area contributed by atoms with Gasteiger partial charge in [0.2, 0.25) is 5.82 Å². The molecular weight excluding hydrogens is 394 g/mol. The number of para-hydroxylation sites is 2. The van der Waals surface area contributed by atoms with Crippen LogP contribution in [-0.2, 0) is 11.3 Å². The molecule has 29 heavy (non-hydrogen) atoms. The third-order valence-corrected chi connectivity index (χ3v) is 3.94. The summed E-state index contributed by atoms with van der Waals surface area (Å²) in [5.74, 6) is 1.29. The minimum absolute atomic E-state index is 0.138. The fourth-order valence-corrected chi connectivity index (χ4v) is 2.54. The van der Waals surface area contributed by atoms with Gasteiger partial charge >= 0.3 is 0 Å². The summed E-state index contributed by atoms with van der Waals surface area (Å²) in [5, 5.41) is 15.2. The number of carbonyl (C=O) groups is 1. The van der Waals surface area contributed by atoms with Gasteiger partial charge < -0.3 is 14.8 Å². The maximum Gasteiger partial charge on any atom is 0.262 e. The number of nitrogens with zero attached hydrogens (tertiary/aromatic N) is 4. The monoisotopic (exact) mass is 413 g/mol. The van der Waals surface area contributed by atoms with E-state index in [1.54, 1.807) is 32.4 Å². The second-order valence-corrected chi connectivity index (χ2v) is 6.11. The number of hydrogen-bond acceptors (Lipinski definition) is 7. The predicted octanol–water partition coefficient (Wildman–Crippen LogP) is 1.38. The van der Waals surface area contributed by atoms with Crippen LogP contribution in [0.3, 0.4) is 0 Å². The van der Waals surface area contributed by atoms with Crippen molar-refractivity contribution in [1.82, 2.24) is 31.1 Å². The highest BCUT2D eigenvalue weighted by atomic mass is 32.1. The van der Waals surface area contributed by atoms with Crippen LogP contribution in [0.2, 0.25) is 0 Å². The minimum atomic E-state index is -0.399. The van der Waals surface area contributed by atoms with Crippen LogP contribution in [0, 0.1) is 0 Å². The van der Waals surface area contributed by atoms with Crippen molar-refractivity contribution in [3.63, 3.8) is 0 Å². The number of rotatable bonds is 6. The fraction of sp³-hybridized carbons (Fsp3) is 0.167.